The molecule has 4 nitrogen and oxygen atoms in total. The van der Waals surface area contributed by atoms with E-state index in [9.17, 15) is 0 Å². The van der Waals surface area contributed by atoms with Crippen molar-refractivity contribution in [3.63, 3.8) is 0 Å². The average Bonchev–Trinajstić information content (AvgIpc) is 3.08. The quantitative estimate of drug-likeness (QED) is 0.918. The van der Waals surface area contributed by atoms with Crippen molar-refractivity contribution < 1.29 is 4.74 Å². The Morgan fingerprint density at radius 2 is 2.05 bits per heavy atom. The van der Waals surface area contributed by atoms with Crippen LogP contribution in [0.4, 0.5) is 0 Å². The Morgan fingerprint density at radius 1 is 1.29 bits per heavy atom. The number of nitrogens with one attached hydrogen (secondary N) is 1. The molecule has 112 valence electrons. The number of rotatable bonds is 5. The smallest absolute Gasteiger partial charge is 0.0991 e. The Balaban J connectivity index is 1.53. The average molecular weight is 285 g/mol. The summed E-state index contributed by atoms with van der Waals surface area (Å²) in [6.45, 7) is 5.03. The van der Waals surface area contributed by atoms with E-state index in [-0.39, 0.29) is 0 Å². The highest BCUT2D eigenvalue weighted by atomic mass is 16.5. The number of benzene rings is 1. The zero-order valence-corrected chi connectivity index (χ0v) is 12.5. The highest BCUT2D eigenvalue weighted by Gasteiger charge is 2.19. The Morgan fingerprint density at radius 3 is 2.71 bits per heavy atom. The number of imidazole rings is 1. The lowest BCUT2D eigenvalue weighted by molar-refractivity contribution is 0.0558. The topological polar surface area (TPSA) is 39.1 Å². The van der Waals surface area contributed by atoms with Crippen LogP contribution in [0, 0.1) is 5.92 Å². The Hall–Kier alpha value is -1.65. The molecule has 0 spiro atoms. The predicted octanol–water partition coefficient (Wildman–Crippen LogP) is 2.78. The van der Waals surface area contributed by atoms with Gasteiger partial charge in [-0.15, -0.1) is 0 Å². The molecular formula is C17H23N3O. The van der Waals surface area contributed by atoms with Gasteiger partial charge in [0.05, 0.1) is 6.33 Å². The van der Waals surface area contributed by atoms with Crippen molar-refractivity contribution >= 4 is 0 Å². The minimum absolute atomic E-state index is 0.544. The van der Waals surface area contributed by atoms with Crippen molar-refractivity contribution in [1.82, 2.24) is 14.9 Å². The molecule has 0 amide bonds. The van der Waals surface area contributed by atoms with Crippen LogP contribution in [0.3, 0.4) is 0 Å². The van der Waals surface area contributed by atoms with Crippen LogP contribution in [0.25, 0.3) is 5.69 Å². The van der Waals surface area contributed by atoms with Gasteiger partial charge in [0.1, 0.15) is 0 Å². The molecule has 1 saturated heterocycles. The number of hydrogen-bond donors (Lipinski definition) is 1. The lowest BCUT2D eigenvalue weighted by Gasteiger charge is -2.28. The maximum absolute atomic E-state index is 5.43. The van der Waals surface area contributed by atoms with E-state index in [0.29, 0.717) is 6.04 Å². The van der Waals surface area contributed by atoms with Gasteiger partial charge in [-0.2, -0.15) is 0 Å². The first-order chi connectivity index (χ1) is 10.3. The predicted molar refractivity (Wildman–Crippen MR) is 83.4 cm³/mol. The molecule has 1 atom stereocenters. The first kappa shape index (κ1) is 14.3. The lowest BCUT2D eigenvalue weighted by atomic mass is 9.93. The van der Waals surface area contributed by atoms with E-state index in [2.05, 4.69) is 41.5 Å². The molecule has 0 aliphatic carbocycles. The maximum Gasteiger partial charge on any atom is 0.0991 e. The number of ether oxygens (including phenoxy) is 1. The van der Waals surface area contributed by atoms with Crippen LogP contribution < -0.4 is 5.32 Å². The van der Waals surface area contributed by atoms with E-state index in [1.54, 1.807) is 6.20 Å². The molecule has 2 aromatic rings. The molecule has 1 aliphatic heterocycles. The molecule has 0 bridgehead atoms. The second-order valence-corrected chi connectivity index (χ2v) is 5.76. The van der Waals surface area contributed by atoms with Gasteiger partial charge in [-0.3, -0.25) is 0 Å². The van der Waals surface area contributed by atoms with Crippen LogP contribution in [0.1, 0.15) is 25.3 Å². The fraction of sp³-hybridized carbons (Fsp3) is 0.471. The summed E-state index contributed by atoms with van der Waals surface area (Å²) in [7, 11) is 0. The van der Waals surface area contributed by atoms with Gasteiger partial charge in [-0.05, 0) is 43.4 Å². The summed E-state index contributed by atoms with van der Waals surface area (Å²) in [6, 6.07) is 9.18. The molecule has 0 radical (unpaired) electrons. The lowest BCUT2D eigenvalue weighted by Crippen LogP contribution is -2.36. The van der Waals surface area contributed by atoms with Crippen molar-refractivity contribution in [2.75, 3.05) is 13.2 Å². The minimum atomic E-state index is 0.544. The van der Waals surface area contributed by atoms with E-state index >= 15 is 0 Å². The zero-order chi connectivity index (χ0) is 14.5. The molecule has 0 saturated carbocycles. The van der Waals surface area contributed by atoms with E-state index in [4.69, 9.17) is 4.74 Å². The molecule has 1 aromatic heterocycles. The molecule has 2 heterocycles. The summed E-state index contributed by atoms with van der Waals surface area (Å²) < 4.78 is 7.44. The van der Waals surface area contributed by atoms with Crippen LogP contribution in [0.5, 0.6) is 0 Å². The van der Waals surface area contributed by atoms with Gasteiger partial charge in [0.15, 0.2) is 0 Å². The Labute approximate surface area is 126 Å². The summed E-state index contributed by atoms with van der Waals surface area (Å²) in [4.78, 5) is 4.07. The number of aromatic nitrogens is 2. The highest BCUT2D eigenvalue weighted by molar-refractivity contribution is 5.34. The van der Waals surface area contributed by atoms with Crippen LogP contribution in [0.2, 0.25) is 0 Å². The van der Waals surface area contributed by atoms with Gasteiger partial charge in [0.25, 0.3) is 0 Å². The molecule has 1 aliphatic rings. The van der Waals surface area contributed by atoms with Crippen LogP contribution in [-0.4, -0.2) is 28.8 Å². The monoisotopic (exact) mass is 285 g/mol. The highest BCUT2D eigenvalue weighted by Crippen LogP contribution is 2.19. The second kappa shape index (κ2) is 6.87. The third-order valence-corrected chi connectivity index (χ3v) is 4.34. The van der Waals surface area contributed by atoms with E-state index in [1.807, 2.05) is 17.1 Å². The largest absolute Gasteiger partial charge is 0.381 e. The van der Waals surface area contributed by atoms with Crippen LogP contribution in [-0.2, 0) is 11.3 Å². The molecular weight excluding hydrogens is 262 g/mol. The van der Waals surface area contributed by atoms with Gasteiger partial charge < -0.3 is 14.6 Å². The Kier molecular flexibility index (Phi) is 4.68. The van der Waals surface area contributed by atoms with Gasteiger partial charge >= 0.3 is 0 Å². The molecule has 1 aromatic carbocycles. The van der Waals surface area contributed by atoms with E-state index in [0.717, 1.165) is 31.4 Å². The third kappa shape index (κ3) is 3.71. The van der Waals surface area contributed by atoms with Crippen molar-refractivity contribution in [2.24, 2.45) is 5.92 Å². The summed E-state index contributed by atoms with van der Waals surface area (Å²) in [5, 5.41) is 3.65. The normalized spacial score (nSPS) is 17.8. The van der Waals surface area contributed by atoms with Crippen molar-refractivity contribution in [2.45, 2.75) is 32.4 Å². The van der Waals surface area contributed by atoms with Gasteiger partial charge in [-0.25, -0.2) is 4.98 Å². The van der Waals surface area contributed by atoms with Crippen molar-refractivity contribution in [3.05, 3.63) is 48.5 Å². The fourth-order valence-corrected chi connectivity index (χ4v) is 2.86. The molecule has 1 fully saturated rings. The summed E-state index contributed by atoms with van der Waals surface area (Å²) >= 11 is 0. The Bertz CT molecular complexity index is 530. The van der Waals surface area contributed by atoms with Crippen molar-refractivity contribution in [3.8, 4) is 5.69 Å². The van der Waals surface area contributed by atoms with Gasteiger partial charge in [-0.1, -0.05) is 12.1 Å². The maximum atomic E-state index is 5.43. The van der Waals surface area contributed by atoms with E-state index < -0.39 is 0 Å². The summed E-state index contributed by atoms with van der Waals surface area (Å²) in [6.07, 6.45) is 7.92. The molecule has 4 heteroatoms. The third-order valence-electron chi connectivity index (χ3n) is 4.34. The zero-order valence-electron chi connectivity index (χ0n) is 12.5. The van der Waals surface area contributed by atoms with Crippen LogP contribution in [0.15, 0.2) is 43.0 Å². The molecule has 1 N–H and O–H groups in total. The minimum Gasteiger partial charge on any atom is -0.381 e. The molecule has 1 unspecified atom stereocenters. The summed E-state index contributed by atoms with van der Waals surface area (Å²) in [5.41, 5.74) is 2.46. The number of nitrogens with zero attached hydrogens (tertiary/aromatic N) is 2. The first-order valence-corrected chi connectivity index (χ1v) is 7.71. The van der Waals surface area contributed by atoms with Gasteiger partial charge in [0.2, 0.25) is 0 Å². The standard InChI is InChI=1S/C17H23N3O/c1-14(16-6-10-21-11-7-16)19-12-15-2-4-17(5-3-15)20-9-8-18-13-20/h2-5,8-9,13-14,16,19H,6-7,10-12H2,1H3. The fourth-order valence-electron chi connectivity index (χ4n) is 2.86. The van der Waals surface area contributed by atoms with Crippen LogP contribution >= 0.6 is 0 Å². The summed E-state index contributed by atoms with van der Waals surface area (Å²) in [5.74, 6) is 0.740. The number of hydrogen-bond acceptors (Lipinski definition) is 3. The second-order valence-electron chi connectivity index (χ2n) is 5.76. The van der Waals surface area contributed by atoms with E-state index in [1.165, 1.54) is 18.4 Å². The molecule has 21 heavy (non-hydrogen) atoms. The SMILES string of the molecule is CC(NCc1ccc(-n2ccnc2)cc1)C1CCOCC1. The van der Waals surface area contributed by atoms with Gasteiger partial charge in [0, 0.05) is 43.9 Å². The van der Waals surface area contributed by atoms with Crippen molar-refractivity contribution in [1.29, 1.82) is 0 Å². The first-order valence-electron chi connectivity index (χ1n) is 7.71. The molecule has 3 rings (SSSR count).